The van der Waals surface area contributed by atoms with E-state index in [9.17, 15) is 18.8 Å². The molecule has 0 spiro atoms. The van der Waals surface area contributed by atoms with E-state index in [0.717, 1.165) is 5.56 Å². The third kappa shape index (κ3) is 7.03. The van der Waals surface area contributed by atoms with Crippen molar-refractivity contribution in [3.63, 3.8) is 0 Å². The fourth-order valence-electron chi connectivity index (χ4n) is 2.58. The number of anilines is 1. The van der Waals surface area contributed by atoms with Crippen LogP contribution in [0, 0.1) is 11.7 Å². The molecule has 0 aromatic heterocycles. The predicted octanol–water partition coefficient (Wildman–Crippen LogP) is 3.08. The highest BCUT2D eigenvalue weighted by Gasteiger charge is 2.29. The highest BCUT2D eigenvalue weighted by atomic mass is 19.1. The molecule has 2 aromatic carbocycles. The maximum atomic E-state index is 12.9. The highest BCUT2D eigenvalue weighted by molar-refractivity contribution is 5.95. The molecule has 2 N–H and O–H groups in total. The molecule has 0 saturated carbocycles. The molecule has 0 aliphatic rings. The molecule has 0 aliphatic heterocycles. The van der Waals surface area contributed by atoms with Crippen LogP contribution in [-0.2, 0) is 25.5 Å². The minimum Gasteiger partial charge on any atom is -0.451 e. The Kier molecular flexibility index (Phi) is 7.88. The Balaban J connectivity index is 1.92. The molecule has 7 heteroatoms. The van der Waals surface area contributed by atoms with Crippen LogP contribution < -0.4 is 10.6 Å². The summed E-state index contributed by atoms with van der Waals surface area (Å²) in [6.07, 6.45) is -0.947. The number of esters is 1. The number of hydrogen-bond donors (Lipinski definition) is 2. The van der Waals surface area contributed by atoms with Crippen molar-refractivity contribution in [2.75, 3.05) is 5.32 Å². The van der Waals surface area contributed by atoms with E-state index in [2.05, 4.69) is 10.6 Å². The molecule has 154 valence electrons. The predicted molar refractivity (Wildman–Crippen MR) is 107 cm³/mol. The number of ether oxygens (including phenoxy) is 1. The summed E-state index contributed by atoms with van der Waals surface area (Å²) >= 11 is 0. The smallest absolute Gasteiger partial charge is 0.329 e. The second kappa shape index (κ2) is 10.4. The molecule has 0 bridgehead atoms. The van der Waals surface area contributed by atoms with Crippen LogP contribution in [0.5, 0.6) is 0 Å². The lowest BCUT2D eigenvalue weighted by molar-refractivity contribution is -0.157. The highest BCUT2D eigenvalue weighted by Crippen LogP contribution is 2.11. The molecule has 2 rings (SSSR count). The summed E-state index contributed by atoms with van der Waals surface area (Å²) in [5, 5.41) is 5.22. The van der Waals surface area contributed by atoms with Crippen molar-refractivity contribution >= 4 is 23.5 Å². The maximum absolute atomic E-state index is 12.9. The lowest BCUT2D eigenvalue weighted by atomic mass is 10.0. The van der Waals surface area contributed by atoms with Gasteiger partial charge in [-0.2, -0.15) is 0 Å². The van der Waals surface area contributed by atoms with Gasteiger partial charge in [-0.25, -0.2) is 9.18 Å². The standard InChI is InChI=1S/C22H25FN2O4/c1-14(2)20(25-19(26)13-16-7-5-4-6-8-16)22(28)29-15(3)21(27)24-18-11-9-17(23)10-12-18/h4-12,14-15,20H,13H2,1-3H3,(H,24,27)(H,25,26)/t15-,20-/m0/s1. The van der Waals surface area contributed by atoms with Gasteiger partial charge in [-0.05, 0) is 42.7 Å². The van der Waals surface area contributed by atoms with Gasteiger partial charge in [0, 0.05) is 5.69 Å². The molecule has 0 aliphatic carbocycles. The number of rotatable bonds is 8. The van der Waals surface area contributed by atoms with E-state index in [1.165, 1.54) is 31.2 Å². The summed E-state index contributed by atoms with van der Waals surface area (Å²) < 4.78 is 18.2. The summed E-state index contributed by atoms with van der Waals surface area (Å²) in [6.45, 7) is 4.98. The zero-order valence-corrected chi connectivity index (χ0v) is 16.6. The van der Waals surface area contributed by atoms with Crippen LogP contribution in [0.2, 0.25) is 0 Å². The number of carbonyl (C=O) groups excluding carboxylic acids is 3. The summed E-state index contributed by atoms with van der Waals surface area (Å²) in [7, 11) is 0. The van der Waals surface area contributed by atoms with E-state index in [1.54, 1.807) is 13.8 Å². The van der Waals surface area contributed by atoms with Crippen LogP contribution in [0.15, 0.2) is 54.6 Å². The molecular formula is C22H25FN2O4. The molecule has 0 fully saturated rings. The quantitative estimate of drug-likeness (QED) is 0.667. The van der Waals surface area contributed by atoms with Crippen LogP contribution in [-0.4, -0.2) is 29.9 Å². The van der Waals surface area contributed by atoms with E-state index in [-0.39, 0.29) is 18.2 Å². The lowest BCUT2D eigenvalue weighted by Crippen LogP contribution is -2.47. The third-order valence-corrected chi connectivity index (χ3v) is 4.22. The molecule has 0 radical (unpaired) electrons. The van der Waals surface area contributed by atoms with Crippen LogP contribution in [0.25, 0.3) is 0 Å². The van der Waals surface area contributed by atoms with E-state index in [4.69, 9.17) is 4.74 Å². The van der Waals surface area contributed by atoms with Gasteiger partial charge >= 0.3 is 5.97 Å². The van der Waals surface area contributed by atoms with Crippen molar-refractivity contribution in [2.45, 2.75) is 39.3 Å². The van der Waals surface area contributed by atoms with Gasteiger partial charge in [0.1, 0.15) is 11.9 Å². The van der Waals surface area contributed by atoms with Crippen molar-refractivity contribution in [1.29, 1.82) is 0 Å². The monoisotopic (exact) mass is 400 g/mol. The SMILES string of the molecule is CC(C)[C@H](NC(=O)Cc1ccccc1)C(=O)O[C@@H](C)C(=O)Nc1ccc(F)cc1. The second-order valence-corrected chi connectivity index (χ2v) is 7.03. The Hall–Kier alpha value is -3.22. The van der Waals surface area contributed by atoms with Gasteiger partial charge in [-0.15, -0.1) is 0 Å². The fourth-order valence-corrected chi connectivity index (χ4v) is 2.58. The molecule has 0 unspecified atom stereocenters. The Morgan fingerprint density at radius 2 is 1.59 bits per heavy atom. The van der Waals surface area contributed by atoms with Crippen molar-refractivity contribution in [3.8, 4) is 0 Å². The van der Waals surface area contributed by atoms with Gasteiger partial charge in [0.05, 0.1) is 6.42 Å². The normalized spacial score (nSPS) is 12.7. The first-order valence-electron chi connectivity index (χ1n) is 9.36. The molecule has 0 heterocycles. The first kappa shape index (κ1) is 22.1. The van der Waals surface area contributed by atoms with Crippen LogP contribution in [0.4, 0.5) is 10.1 Å². The maximum Gasteiger partial charge on any atom is 0.329 e. The summed E-state index contributed by atoms with van der Waals surface area (Å²) in [5.74, 6) is -2.20. The van der Waals surface area contributed by atoms with Crippen molar-refractivity contribution < 1.29 is 23.5 Å². The summed E-state index contributed by atoms with van der Waals surface area (Å²) in [6, 6.07) is 13.5. The summed E-state index contributed by atoms with van der Waals surface area (Å²) in [4.78, 5) is 37.0. The first-order chi connectivity index (χ1) is 13.8. The van der Waals surface area contributed by atoms with Gasteiger partial charge in [0.25, 0.3) is 5.91 Å². The second-order valence-electron chi connectivity index (χ2n) is 7.03. The van der Waals surface area contributed by atoms with Gasteiger partial charge < -0.3 is 15.4 Å². The Morgan fingerprint density at radius 1 is 0.966 bits per heavy atom. The molecule has 2 atom stereocenters. The third-order valence-electron chi connectivity index (χ3n) is 4.22. The molecule has 2 amide bonds. The minimum atomic E-state index is -1.08. The Bertz CT molecular complexity index is 838. The Labute approximate surface area is 169 Å². The lowest BCUT2D eigenvalue weighted by Gasteiger charge is -2.23. The molecule has 6 nitrogen and oxygen atoms in total. The van der Waals surface area contributed by atoms with Crippen molar-refractivity contribution in [2.24, 2.45) is 5.92 Å². The van der Waals surface area contributed by atoms with Gasteiger partial charge in [-0.1, -0.05) is 44.2 Å². The number of nitrogens with one attached hydrogen (secondary N) is 2. The number of carbonyl (C=O) groups is 3. The number of amides is 2. The van der Waals surface area contributed by atoms with Crippen LogP contribution in [0.1, 0.15) is 26.3 Å². The number of hydrogen-bond acceptors (Lipinski definition) is 4. The van der Waals surface area contributed by atoms with E-state index >= 15 is 0 Å². The average Bonchev–Trinajstić information content (AvgIpc) is 2.68. The Morgan fingerprint density at radius 3 is 2.17 bits per heavy atom. The van der Waals surface area contributed by atoms with E-state index < -0.39 is 29.8 Å². The minimum absolute atomic E-state index is 0.137. The van der Waals surface area contributed by atoms with Crippen molar-refractivity contribution in [1.82, 2.24) is 5.32 Å². The van der Waals surface area contributed by atoms with Crippen LogP contribution in [0.3, 0.4) is 0 Å². The van der Waals surface area contributed by atoms with Gasteiger partial charge in [0.2, 0.25) is 5.91 Å². The topological polar surface area (TPSA) is 84.5 Å². The fraction of sp³-hybridized carbons (Fsp3) is 0.318. The van der Waals surface area contributed by atoms with Crippen LogP contribution >= 0.6 is 0 Å². The van der Waals surface area contributed by atoms with Crippen molar-refractivity contribution in [3.05, 3.63) is 66.0 Å². The zero-order chi connectivity index (χ0) is 21.4. The number of halogens is 1. The van der Waals surface area contributed by atoms with Gasteiger partial charge in [0.15, 0.2) is 6.10 Å². The van der Waals surface area contributed by atoms with E-state index in [0.29, 0.717) is 5.69 Å². The summed E-state index contributed by atoms with van der Waals surface area (Å²) in [5.41, 5.74) is 1.21. The number of benzene rings is 2. The zero-order valence-electron chi connectivity index (χ0n) is 16.6. The molecule has 2 aromatic rings. The average molecular weight is 400 g/mol. The van der Waals surface area contributed by atoms with E-state index in [1.807, 2.05) is 30.3 Å². The molecule has 0 saturated heterocycles. The van der Waals surface area contributed by atoms with Gasteiger partial charge in [-0.3, -0.25) is 9.59 Å². The largest absolute Gasteiger partial charge is 0.451 e. The molecular weight excluding hydrogens is 375 g/mol. The molecule has 29 heavy (non-hydrogen) atoms. The first-order valence-corrected chi connectivity index (χ1v) is 9.36.